The Bertz CT molecular complexity index is 802. The lowest BCUT2D eigenvalue weighted by molar-refractivity contribution is 0.101. The minimum absolute atomic E-state index is 0.0747. The standard InChI is InChI=1S/C14H12ClNO4S/c1-9(17)11-8-10(18)6-7-13(11)16-21(19,20)14-5-3-2-4-12(14)15/h2-8,16,18H,1H3. The molecule has 0 aromatic heterocycles. The Labute approximate surface area is 127 Å². The average Bonchev–Trinajstić information content (AvgIpc) is 2.40. The molecular weight excluding hydrogens is 314 g/mol. The smallest absolute Gasteiger partial charge is 0.263 e. The van der Waals surface area contributed by atoms with Crippen LogP contribution in [0.15, 0.2) is 47.4 Å². The second kappa shape index (κ2) is 5.75. The van der Waals surface area contributed by atoms with Crippen molar-refractivity contribution in [2.24, 2.45) is 0 Å². The molecule has 0 saturated carbocycles. The summed E-state index contributed by atoms with van der Waals surface area (Å²) in [6.45, 7) is 1.28. The number of phenolic OH excluding ortho intramolecular Hbond substituents is 1. The van der Waals surface area contributed by atoms with E-state index in [1.165, 1.54) is 37.3 Å². The van der Waals surface area contributed by atoms with Gasteiger partial charge in [-0.25, -0.2) is 8.42 Å². The molecule has 2 rings (SSSR count). The van der Waals surface area contributed by atoms with Crippen molar-refractivity contribution < 1.29 is 18.3 Å². The molecule has 2 aromatic rings. The maximum atomic E-state index is 12.3. The average molecular weight is 326 g/mol. The summed E-state index contributed by atoms with van der Waals surface area (Å²) in [6, 6.07) is 9.79. The summed E-state index contributed by atoms with van der Waals surface area (Å²) >= 11 is 5.88. The first-order valence-electron chi connectivity index (χ1n) is 5.92. The van der Waals surface area contributed by atoms with Gasteiger partial charge in [0.25, 0.3) is 10.0 Å². The topological polar surface area (TPSA) is 83.5 Å². The van der Waals surface area contributed by atoms with Gasteiger partial charge in [-0.2, -0.15) is 0 Å². The van der Waals surface area contributed by atoms with Gasteiger partial charge in [0.15, 0.2) is 5.78 Å². The highest BCUT2D eigenvalue weighted by Gasteiger charge is 2.20. The Balaban J connectivity index is 2.47. The zero-order chi connectivity index (χ0) is 15.6. The van der Waals surface area contributed by atoms with E-state index in [1.807, 2.05) is 0 Å². The highest BCUT2D eigenvalue weighted by molar-refractivity contribution is 7.92. The fraction of sp³-hybridized carbons (Fsp3) is 0.0714. The number of anilines is 1. The normalized spacial score (nSPS) is 11.1. The molecule has 0 amide bonds. The third-order valence-electron chi connectivity index (χ3n) is 2.75. The number of rotatable bonds is 4. The second-order valence-electron chi connectivity index (χ2n) is 4.32. The van der Waals surface area contributed by atoms with E-state index >= 15 is 0 Å². The molecule has 0 saturated heterocycles. The third-order valence-corrected chi connectivity index (χ3v) is 4.62. The first kappa shape index (κ1) is 15.3. The molecule has 0 fully saturated rings. The fourth-order valence-corrected chi connectivity index (χ4v) is 3.38. The number of nitrogens with one attached hydrogen (secondary N) is 1. The van der Waals surface area contributed by atoms with Crippen molar-refractivity contribution in [3.8, 4) is 5.75 Å². The van der Waals surface area contributed by atoms with Crippen LogP contribution in [0.25, 0.3) is 0 Å². The van der Waals surface area contributed by atoms with Crippen molar-refractivity contribution in [2.45, 2.75) is 11.8 Å². The monoisotopic (exact) mass is 325 g/mol. The van der Waals surface area contributed by atoms with Crippen LogP contribution in [0.1, 0.15) is 17.3 Å². The van der Waals surface area contributed by atoms with Crippen LogP contribution in [-0.2, 0) is 10.0 Å². The number of carbonyl (C=O) groups excluding carboxylic acids is 1. The second-order valence-corrected chi connectivity index (χ2v) is 6.38. The van der Waals surface area contributed by atoms with Crippen molar-refractivity contribution in [1.29, 1.82) is 0 Å². The quantitative estimate of drug-likeness (QED) is 0.668. The molecular formula is C14H12ClNO4S. The van der Waals surface area contributed by atoms with E-state index < -0.39 is 10.0 Å². The van der Waals surface area contributed by atoms with Gasteiger partial charge < -0.3 is 5.11 Å². The van der Waals surface area contributed by atoms with Gasteiger partial charge in [-0.1, -0.05) is 23.7 Å². The fourth-order valence-electron chi connectivity index (χ4n) is 1.77. The number of phenols is 1. The highest BCUT2D eigenvalue weighted by atomic mass is 35.5. The Morgan fingerprint density at radius 3 is 2.48 bits per heavy atom. The number of ketones is 1. The first-order chi connectivity index (χ1) is 9.81. The van der Waals surface area contributed by atoms with E-state index in [1.54, 1.807) is 12.1 Å². The molecule has 2 aromatic carbocycles. The molecule has 0 heterocycles. The van der Waals surface area contributed by atoms with Gasteiger partial charge in [-0.15, -0.1) is 0 Å². The van der Waals surface area contributed by atoms with E-state index in [9.17, 15) is 18.3 Å². The highest BCUT2D eigenvalue weighted by Crippen LogP contribution is 2.27. The molecule has 21 heavy (non-hydrogen) atoms. The van der Waals surface area contributed by atoms with Crippen LogP contribution in [0.5, 0.6) is 5.75 Å². The zero-order valence-electron chi connectivity index (χ0n) is 11.0. The molecule has 0 aliphatic carbocycles. The minimum atomic E-state index is -3.93. The molecule has 0 aliphatic heterocycles. The summed E-state index contributed by atoms with van der Waals surface area (Å²) in [4.78, 5) is 11.4. The van der Waals surface area contributed by atoms with Gasteiger partial charge in [-0.3, -0.25) is 9.52 Å². The first-order valence-corrected chi connectivity index (χ1v) is 7.78. The number of Topliss-reactive ketones (excluding diaryl/α,β-unsaturated/α-hetero) is 1. The summed E-state index contributed by atoms with van der Waals surface area (Å²) in [5.41, 5.74) is 0.158. The maximum Gasteiger partial charge on any atom is 0.263 e. The summed E-state index contributed by atoms with van der Waals surface area (Å²) in [5.74, 6) is -0.497. The molecule has 7 heteroatoms. The number of halogens is 1. The Morgan fingerprint density at radius 1 is 1.19 bits per heavy atom. The maximum absolute atomic E-state index is 12.3. The van der Waals surface area contributed by atoms with Crippen LogP contribution in [0, 0.1) is 0 Å². The minimum Gasteiger partial charge on any atom is -0.508 e. The van der Waals surface area contributed by atoms with Crippen LogP contribution < -0.4 is 4.72 Å². The van der Waals surface area contributed by atoms with Gasteiger partial charge in [0, 0.05) is 5.56 Å². The lowest BCUT2D eigenvalue weighted by Gasteiger charge is -2.12. The SMILES string of the molecule is CC(=O)c1cc(O)ccc1NS(=O)(=O)c1ccccc1Cl. The number of carbonyl (C=O) groups is 1. The van der Waals surface area contributed by atoms with Gasteiger partial charge in [0.2, 0.25) is 0 Å². The summed E-state index contributed by atoms with van der Waals surface area (Å²) in [7, 11) is -3.93. The number of benzene rings is 2. The van der Waals surface area contributed by atoms with Gasteiger partial charge >= 0.3 is 0 Å². The Hall–Kier alpha value is -2.05. The van der Waals surface area contributed by atoms with Crippen molar-refractivity contribution in [2.75, 3.05) is 4.72 Å². The summed E-state index contributed by atoms with van der Waals surface area (Å²) in [5, 5.41) is 9.47. The van der Waals surface area contributed by atoms with Crippen LogP contribution in [0.4, 0.5) is 5.69 Å². The van der Waals surface area contributed by atoms with Crippen molar-refractivity contribution in [3.63, 3.8) is 0 Å². The number of hydrogen-bond donors (Lipinski definition) is 2. The molecule has 0 aliphatic rings. The summed E-state index contributed by atoms with van der Waals surface area (Å²) < 4.78 is 26.9. The lowest BCUT2D eigenvalue weighted by Crippen LogP contribution is -2.15. The molecule has 0 bridgehead atoms. The van der Waals surface area contributed by atoms with Crippen LogP contribution in [0.2, 0.25) is 5.02 Å². The van der Waals surface area contributed by atoms with Gasteiger partial charge in [-0.05, 0) is 37.3 Å². The predicted octanol–water partition coefficient (Wildman–Crippen LogP) is 3.05. The van der Waals surface area contributed by atoms with Crippen LogP contribution in [-0.4, -0.2) is 19.3 Å². The molecule has 110 valence electrons. The third kappa shape index (κ3) is 3.34. The van der Waals surface area contributed by atoms with Crippen molar-refractivity contribution in [1.82, 2.24) is 0 Å². The predicted molar refractivity (Wildman–Crippen MR) is 80.4 cm³/mol. The number of sulfonamides is 1. The molecule has 5 nitrogen and oxygen atoms in total. The molecule has 0 spiro atoms. The van der Waals surface area contributed by atoms with E-state index in [2.05, 4.69) is 4.72 Å². The molecule has 2 N–H and O–H groups in total. The molecule has 0 unspecified atom stereocenters. The Kier molecular flexibility index (Phi) is 4.20. The van der Waals surface area contributed by atoms with Gasteiger partial charge in [0.05, 0.1) is 10.7 Å². The van der Waals surface area contributed by atoms with Gasteiger partial charge in [0.1, 0.15) is 10.6 Å². The number of hydrogen-bond acceptors (Lipinski definition) is 4. The largest absolute Gasteiger partial charge is 0.508 e. The zero-order valence-corrected chi connectivity index (χ0v) is 12.6. The van der Waals surface area contributed by atoms with Crippen LogP contribution in [0.3, 0.4) is 0 Å². The van der Waals surface area contributed by atoms with E-state index in [-0.39, 0.29) is 32.7 Å². The van der Waals surface area contributed by atoms with E-state index in [0.717, 1.165) is 0 Å². The van der Waals surface area contributed by atoms with Crippen LogP contribution >= 0.6 is 11.6 Å². The molecule has 0 radical (unpaired) electrons. The number of aromatic hydroxyl groups is 1. The Morgan fingerprint density at radius 2 is 1.86 bits per heavy atom. The van der Waals surface area contributed by atoms with Crippen molar-refractivity contribution in [3.05, 3.63) is 53.1 Å². The van der Waals surface area contributed by atoms with E-state index in [4.69, 9.17) is 11.6 Å². The lowest BCUT2D eigenvalue weighted by atomic mass is 10.1. The molecule has 0 atom stereocenters. The van der Waals surface area contributed by atoms with E-state index in [0.29, 0.717) is 0 Å². The summed E-state index contributed by atoms with van der Waals surface area (Å²) in [6.07, 6.45) is 0. The van der Waals surface area contributed by atoms with Crippen molar-refractivity contribution >= 4 is 33.1 Å².